The molecule has 2 heterocycles. The minimum Gasteiger partial charge on any atom is -0.508 e. The third kappa shape index (κ3) is 7.94. The number of aromatic hydroxyl groups is 1. The van der Waals surface area contributed by atoms with Crippen molar-refractivity contribution in [3.63, 3.8) is 0 Å². The SMILES string of the molecule is CNCc1cc(O)cc([C@@H]2C[C@@]34CCCC[C@]5(CCCC[C@](C)(O)CN[C@@H](C[C@@]6(CCO)[C@@H]3CCC3=C([C@H]7[C@@H]([C@@H](O)[C@H]8O[C@]8(C)[C@@H]8CCC[C@H]8c8cccc(N)c8)CC[C@@H]8CCCC[C@@H]87)C(=O)C[C@@]36C)[C@@H]54)C2=O)c1. The van der Waals surface area contributed by atoms with Crippen LogP contribution in [0.25, 0.3) is 0 Å². The second-order valence-electron chi connectivity index (χ2n) is 27.6. The molecule has 2 aromatic carbocycles. The van der Waals surface area contributed by atoms with E-state index in [4.69, 9.17) is 10.5 Å². The topological polar surface area (TPSA) is 178 Å². The first-order valence-corrected chi connectivity index (χ1v) is 30.1. The molecule has 0 unspecified atom stereocenters. The lowest BCUT2D eigenvalue weighted by Crippen LogP contribution is -2.72. The Morgan fingerprint density at radius 1 is 0.865 bits per heavy atom. The fourth-order valence-electron chi connectivity index (χ4n) is 21.3. The van der Waals surface area contributed by atoms with Crippen molar-refractivity contribution in [3.8, 4) is 5.75 Å². The van der Waals surface area contributed by atoms with Gasteiger partial charge in [-0.25, -0.2) is 0 Å². The van der Waals surface area contributed by atoms with E-state index in [1.165, 1.54) is 24.0 Å². The summed E-state index contributed by atoms with van der Waals surface area (Å²) in [5.74, 6) is 2.06. The second-order valence-corrected chi connectivity index (χ2v) is 27.6. The Bertz CT molecular complexity index is 2530. The number of phenols is 1. The van der Waals surface area contributed by atoms with Crippen molar-refractivity contribution in [1.82, 2.24) is 10.6 Å². The summed E-state index contributed by atoms with van der Waals surface area (Å²) in [6.07, 6.45) is 20.3. The maximum atomic E-state index is 16.1. The highest BCUT2D eigenvalue weighted by Gasteiger charge is 2.75. The van der Waals surface area contributed by atoms with E-state index in [1.807, 2.05) is 32.2 Å². The molecule has 2 aromatic rings. The number of nitrogens with two attached hydrogens (primary N) is 1. The van der Waals surface area contributed by atoms with Gasteiger partial charge in [0.2, 0.25) is 0 Å². The number of nitrogens with one attached hydrogen (secondary N) is 2. The zero-order valence-electron chi connectivity index (χ0n) is 45.4. The Balaban J connectivity index is 0.971. The van der Waals surface area contributed by atoms with Gasteiger partial charge in [0, 0.05) is 54.6 Å². The summed E-state index contributed by atoms with van der Waals surface area (Å²) in [5, 5.41) is 55.5. The number of aliphatic hydroxyl groups excluding tert-OH is 2. The van der Waals surface area contributed by atoms with Gasteiger partial charge in [0.1, 0.15) is 17.6 Å². The quantitative estimate of drug-likeness (QED) is 0.0895. The molecule has 10 nitrogen and oxygen atoms in total. The molecule has 0 radical (unpaired) electrons. The Hall–Kier alpha value is -3.12. The fraction of sp³-hybridized carbons (Fsp3) is 0.750. The van der Waals surface area contributed by atoms with Crippen molar-refractivity contribution in [1.29, 1.82) is 0 Å². The number of carbonyl (C=O) groups is 2. The van der Waals surface area contributed by atoms with Gasteiger partial charge >= 0.3 is 0 Å². The molecule has 0 amide bonds. The van der Waals surface area contributed by atoms with Crippen LogP contribution in [0.5, 0.6) is 5.75 Å². The van der Waals surface area contributed by atoms with Crippen LogP contribution in [0.2, 0.25) is 0 Å². The number of anilines is 1. The van der Waals surface area contributed by atoms with Gasteiger partial charge in [-0.05, 0) is 215 Å². The third-order valence-electron chi connectivity index (χ3n) is 24.1. The van der Waals surface area contributed by atoms with E-state index in [2.05, 4.69) is 48.7 Å². The highest BCUT2D eigenvalue weighted by atomic mass is 16.6. The van der Waals surface area contributed by atoms with Crippen molar-refractivity contribution in [2.75, 3.05) is 25.9 Å². The molecule has 0 spiro atoms. The molecule has 2 bridgehead atoms. The van der Waals surface area contributed by atoms with Crippen LogP contribution in [-0.4, -0.2) is 81.6 Å². The van der Waals surface area contributed by atoms with Gasteiger partial charge in [0.05, 0.1) is 17.3 Å². The van der Waals surface area contributed by atoms with E-state index >= 15 is 9.59 Å². The molecule has 12 rings (SSSR count). The zero-order chi connectivity index (χ0) is 51.6. The van der Waals surface area contributed by atoms with Crippen LogP contribution < -0.4 is 16.4 Å². The highest BCUT2D eigenvalue weighted by molar-refractivity contribution is 6.01. The molecule has 8 N–H and O–H groups in total. The number of phenolic OH excluding ortho intramolecular Hbond substituents is 1. The predicted molar refractivity (Wildman–Crippen MR) is 289 cm³/mol. The van der Waals surface area contributed by atoms with E-state index in [9.17, 15) is 20.4 Å². The van der Waals surface area contributed by atoms with Gasteiger partial charge < -0.3 is 41.5 Å². The smallest absolute Gasteiger partial charge is 0.160 e. The van der Waals surface area contributed by atoms with Crippen molar-refractivity contribution in [2.24, 2.45) is 63.1 Å². The normalized spacial score (nSPS) is 45.4. The summed E-state index contributed by atoms with van der Waals surface area (Å²) in [5.41, 5.74) is 9.49. The number of benzene rings is 2. The number of carbonyl (C=O) groups excluding carboxylic acids is 2. The first-order chi connectivity index (χ1) is 35.5. The Morgan fingerprint density at radius 2 is 1.65 bits per heavy atom. The number of aliphatic hydroxyl groups is 3. The lowest BCUT2D eigenvalue weighted by atomic mass is 9.32. The summed E-state index contributed by atoms with van der Waals surface area (Å²) in [4.78, 5) is 32.0. The van der Waals surface area contributed by atoms with Gasteiger partial charge in [-0.2, -0.15) is 0 Å². The van der Waals surface area contributed by atoms with Crippen LogP contribution >= 0.6 is 0 Å². The van der Waals surface area contributed by atoms with Gasteiger partial charge in [-0.3, -0.25) is 9.59 Å². The van der Waals surface area contributed by atoms with Crippen LogP contribution in [0.1, 0.15) is 197 Å². The maximum Gasteiger partial charge on any atom is 0.160 e. The molecule has 2 saturated heterocycles. The fourth-order valence-corrected chi connectivity index (χ4v) is 21.3. The third-order valence-corrected chi connectivity index (χ3v) is 24.1. The number of Topliss-reactive ketones (excluding diaryl/α,β-unsaturated/α-hetero) is 2. The first-order valence-electron chi connectivity index (χ1n) is 30.1. The van der Waals surface area contributed by atoms with Crippen molar-refractivity contribution in [2.45, 2.75) is 216 Å². The van der Waals surface area contributed by atoms with E-state index < -0.39 is 33.6 Å². The summed E-state index contributed by atoms with van der Waals surface area (Å²) in [7, 11) is 1.92. The van der Waals surface area contributed by atoms with Gasteiger partial charge in [0.15, 0.2) is 5.78 Å². The van der Waals surface area contributed by atoms with Gasteiger partial charge in [0.25, 0.3) is 0 Å². The van der Waals surface area contributed by atoms with Crippen LogP contribution in [-0.2, 0) is 20.9 Å². The van der Waals surface area contributed by atoms with Crippen LogP contribution in [0.15, 0.2) is 53.6 Å². The minimum atomic E-state index is -0.905. The molecule has 9 fully saturated rings. The summed E-state index contributed by atoms with van der Waals surface area (Å²) < 4.78 is 6.89. The largest absolute Gasteiger partial charge is 0.508 e. The van der Waals surface area contributed by atoms with Gasteiger partial charge in [-0.1, -0.05) is 82.1 Å². The van der Waals surface area contributed by atoms with E-state index in [0.717, 1.165) is 132 Å². The minimum absolute atomic E-state index is 0.0202. The van der Waals surface area contributed by atoms with Crippen molar-refractivity contribution >= 4 is 17.3 Å². The number of hydrogen-bond acceptors (Lipinski definition) is 10. The zero-order valence-corrected chi connectivity index (χ0v) is 45.4. The summed E-state index contributed by atoms with van der Waals surface area (Å²) in [6, 6.07) is 14.2. The molecule has 7 saturated carbocycles. The van der Waals surface area contributed by atoms with E-state index in [0.29, 0.717) is 62.3 Å². The lowest BCUT2D eigenvalue weighted by molar-refractivity contribution is -0.215. The summed E-state index contributed by atoms with van der Waals surface area (Å²) in [6.45, 7) is 7.72. The first kappa shape index (κ1) is 51.6. The molecular formula is C64H91N3O7. The Kier molecular flexibility index (Phi) is 13.3. The number of rotatable bonds is 10. The molecule has 0 aromatic heterocycles. The second kappa shape index (κ2) is 19.1. The number of fused-ring (bicyclic) bond motifs is 4. The Labute approximate surface area is 442 Å². The number of ether oxygens (including phenoxy) is 1. The summed E-state index contributed by atoms with van der Waals surface area (Å²) >= 11 is 0. The van der Waals surface area contributed by atoms with Crippen LogP contribution in [0, 0.1) is 63.1 Å². The average Bonchev–Trinajstić information content (AvgIpc) is 3.80. The predicted octanol–water partition coefficient (Wildman–Crippen LogP) is 10.6. The number of ketones is 2. The standard InChI is InChI=1S/C64H91N3O7/c1-59(73)23-7-8-24-62-25-9-10-26-63(33-47(57(62)72)41-29-38(36-66-4)30-43(69)32-41)52-22-21-49-54(51(70)35-60(49,2)64(52,27-28-68)34-50(56(62)63)67-37-59)53-45-16-6-5-13-39(45)19-20-46(53)55(71)58-61(3,74-58)48-18-12-17-44(48)40-14-11-15-42(65)31-40/h11,14-15,29-32,39,44-48,50,52-53,55-56,58,66-69,71,73H,5-10,12-13,16-28,33-37,65H2,1-4H3/t39-,44-,45-,46-,47-,48+,50-,52+,53+,55+,56-,58+,59-,60-,61+,62-,63-,64-/m0/s1. The highest BCUT2D eigenvalue weighted by Crippen LogP contribution is 2.79. The van der Waals surface area contributed by atoms with Crippen molar-refractivity contribution in [3.05, 3.63) is 70.3 Å². The number of hydrogen-bond donors (Lipinski definition) is 7. The molecule has 8 aliphatic carbocycles. The van der Waals surface area contributed by atoms with E-state index in [-0.39, 0.29) is 71.2 Å². The van der Waals surface area contributed by atoms with Crippen LogP contribution in [0.4, 0.5) is 5.69 Å². The molecule has 2 aliphatic heterocycles. The molecular weight excluding hydrogens is 923 g/mol. The molecule has 74 heavy (non-hydrogen) atoms. The number of nitrogen functional groups attached to an aromatic ring is 1. The number of β-amino-alcohol motifs (C(OH)–C–C–N with tert-alkyl or cyclic N) is 1. The monoisotopic (exact) mass is 1010 g/mol. The molecule has 10 heteroatoms. The number of allylic oxidation sites excluding steroid dienone is 2. The Morgan fingerprint density at radius 3 is 2.43 bits per heavy atom. The van der Waals surface area contributed by atoms with E-state index in [1.54, 1.807) is 0 Å². The van der Waals surface area contributed by atoms with Crippen LogP contribution in [0.3, 0.4) is 0 Å². The maximum absolute atomic E-state index is 16.1. The number of epoxide rings is 1. The lowest BCUT2D eigenvalue weighted by Gasteiger charge is -2.72. The molecule has 404 valence electrons. The molecule has 10 aliphatic rings. The molecule has 18 atom stereocenters. The van der Waals surface area contributed by atoms with Gasteiger partial charge in [-0.15, -0.1) is 0 Å². The van der Waals surface area contributed by atoms with Crippen molar-refractivity contribution < 1.29 is 34.8 Å². The average molecular weight is 1010 g/mol.